The molecule has 0 unspecified atom stereocenters. The van der Waals surface area contributed by atoms with E-state index in [1.165, 1.54) is 60.7 Å². The van der Waals surface area contributed by atoms with E-state index in [2.05, 4.69) is 62.0 Å². The number of sulfone groups is 2. The van der Waals surface area contributed by atoms with Gasteiger partial charge < -0.3 is 45.4 Å². The van der Waals surface area contributed by atoms with Crippen molar-refractivity contribution in [2.45, 2.75) is 112 Å². The number of aryl methyl sites for hydroxylation is 1. The molecule has 0 saturated carbocycles. The number of fused-ring (bicyclic) bond motifs is 2. The third-order valence-electron chi connectivity index (χ3n) is 20.4. The molecule has 8 aromatic carbocycles. The van der Waals surface area contributed by atoms with Gasteiger partial charge >= 0.3 is 6.18 Å². The van der Waals surface area contributed by atoms with E-state index in [1.54, 1.807) is 89.5 Å². The molecule has 2 atom stereocenters. The van der Waals surface area contributed by atoms with E-state index >= 15 is 0 Å². The van der Waals surface area contributed by atoms with Gasteiger partial charge in [0.25, 0.3) is 34.7 Å². The summed E-state index contributed by atoms with van der Waals surface area (Å²) in [6.45, 7) is 17.5. The van der Waals surface area contributed by atoms with Crippen LogP contribution in [-0.4, -0.2) is 186 Å². The Morgan fingerprint density at radius 2 is 1.01 bits per heavy atom. The quantitative estimate of drug-likeness (QED) is 0.00918. The molecule has 2 aliphatic rings. The van der Waals surface area contributed by atoms with Crippen molar-refractivity contribution in [2.75, 3.05) is 99.6 Å². The van der Waals surface area contributed by atoms with E-state index in [0.717, 1.165) is 100 Å². The SMILES string of the molecule is C[C@](O)(CS(=O)(=O)c1ccc(OCCCCCCN2CCN(C(=O)c3cc(Cc4n[nH]c(=O)c5ccccc45)ccc3F)CC2)cc1)C(=O)Nc1ccc(C#N)c(C(F)(F)F)c1.Cl.O=C(c1cc(Cc2n[nH]c(=O)c3ccccc23)ccc1F)N1CCNCC1.[C-]#[N+]c1ccc(NC(=O)[C@](C)(O)CS(=O)(=O)c2ccc(OCCCCCCBr)cc2)cc1C. The molecule has 26 nitrogen and oxygen atoms in total. The molecule has 12 rings (SSSR count). The standard InChI is InChI=1S/C44H44F4N6O7S.C24H29BrN2O5S.C20H19FN4O2.ClH/c1-43(58,42(57)50-31-12-11-30(27-49)37(26-31)44(46,47)48)28-62(59,60)33-15-13-32(14-16-33)61-23-7-3-2-6-18-53-19-21-54(22-20-53)41(56)36-24-29(10-17-38(36)45)25-39-34-8-4-5-9-35(34)40(55)52-51-39;1-18-16-19(8-13-22(18)26-3)27-23(28)24(2,29)17-33(30,31)21-11-9-20(10-12-21)32-15-7-5-4-6-14-25;21-17-6-5-13(11-16(17)20(27)25-9-7-22-8-10-25)12-18-14-3-1-2-4-15(14)19(26)24-23-18;/h4-5,8-17,24,26,58H,2-3,6-7,18-23,25,28H2,1H3,(H,50,57)(H,52,55);8-13,16,29H,4-7,14-15,17H2,1-2H3,(H,27,28);1-6,11,22H,7-10,12H2,(H,24,26);1H/t43-;24-;;/m01../s1. The largest absolute Gasteiger partial charge is 0.494 e. The lowest BCUT2D eigenvalue weighted by atomic mass is 10.0. The molecular weight excluding hydrogens is 1720 g/mol. The summed E-state index contributed by atoms with van der Waals surface area (Å²) in [5, 5.41) is 55.0. The number of carbonyl (C=O) groups excluding carboxylic acids is 4. The highest BCUT2D eigenvalue weighted by molar-refractivity contribution is 9.09. The van der Waals surface area contributed by atoms with Gasteiger partial charge in [0.1, 0.15) is 23.1 Å². The second kappa shape index (κ2) is 43.6. The van der Waals surface area contributed by atoms with Gasteiger partial charge in [-0.25, -0.2) is 40.7 Å². The van der Waals surface area contributed by atoms with Crippen molar-refractivity contribution >= 4 is 110 Å². The Kier molecular flexibility index (Phi) is 33.9. The number of halogens is 7. The molecule has 2 aliphatic heterocycles. The first-order valence-electron chi connectivity index (χ1n) is 39.3. The van der Waals surface area contributed by atoms with Gasteiger partial charge in [0, 0.05) is 92.7 Å². The van der Waals surface area contributed by atoms with Crippen molar-refractivity contribution in [3.63, 3.8) is 0 Å². The van der Waals surface area contributed by atoms with E-state index < -0.39 is 83.1 Å². The Labute approximate surface area is 722 Å². The van der Waals surface area contributed by atoms with Gasteiger partial charge in [0.15, 0.2) is 36.6 Å². The lowest BCUT2D eigenvalue weighted by Crippen LogP contribution is -2.49. The fraction of sp³-hybridized carbons (Fsp3) is 0.341. The lowest BCUT2D eigenvalue weighted by molar-refractivity contribution is -0.138. The molecule has 4 heterocycles. The van der Waals surface area contributed by atoms with Gasteiger partial charge in [-0.15, -0.1) is 12.4 Å². The van der Waals surface area contributed by atoms with E-state index in [9.17, 15) is 77.8 Å². The first-order valence-corrected chi connectivity index (χ1v) is 43.8. The topological polar surface area (TPSA) is 361 Å². The summed E-state index contributed by atoms with van der Waals surface area (Å²) in [6.07, 6.45) is 3.53. The van der Waals surface area contributed by atoms with Crippen molar-refractivity contribution in [1.29, 1.82) is 5.26 Å². The smallest absolute Gasteiger partial charge is 0.417 e. The van der Waals surface area contributed by atoms with Gasteiger partial charge in [0.05, 0.1) is 91.6 Å². The number of nitriles is 1. The van der Waals surface area contributed by atoms with Gasteiger partial charge in [-0.1, -0.05) is 96.2 Å². The number of unbranched alkanes of at least 4 members (excludes halogenated alkanes) is 6. The molecule has 650 valence electrons. The minimum atomic E-state index is -4.88. The number of carbonyl (C=O) groups is 4. The fourth-order valence-electron chi connectivity index (χ4n) is 13.7. The minimum absolute atomic E-state index is 0. The summed E-state index contributed by atoms with van der Waals surface area (Å²) in [7, 11) is -8.17. The lowest BCUT2D eigenvalue weighted by Gasteiger charge is -2.35. The van der Waals surface area contributed by atoms with Crippen LogP contribution in [0.2, 0.25) is 0 Å². The third kappa shape index (κ3) is 26.4. The number of aliphatic hydroxyl groups is 2. The maximum Gasteiger partial charge on any atom is 0.417 e. The van der Waals surface area contributed by atoms with Crippen LogP contribution in [0.1, 0.15) is 125 Å². The molecule has 0 aliphatic carbocycles. The molecule has 4 amide bonds. The molecule has 2 fully saturated rings. The molecule has 123 heavy (non-hydrogen) atoms. The summed E-state index contributed by atoms with van der Waals surface area (Å²) >= 11 is 3.40. The third-order valence-corrected chi connectivity index (χ3v) is 24.8. The zero-order valence-corrected chi connectivity index (χ0v) is 71.6. The predicted octanol–water partition coefficient (Wildman–Crippen LogP) is 13.3. The summed E-state index contributed by atoms with van der Waals surface area (Å²) < 4.78 is 132. The van der Waals surface area contributed by atoms with E-state index in [1.807, 2.05) is 24.3 Å². The minimum Gasteiger partial charge on any atom is -0.494 e. The first-order chi connectivity index (χ1) is 58.2. The van der Waals surface area contributed by atoms with Crippen molar-refractivity contribution in [2.24, 2.45) is 0 Å². The molecular formula is C88H93BrClF5N12O14S2. The Morgan fingerprint density at radius 1 is 0.577 bits per heavy atom. The van der Waals surface area contributed by atoms with Crippen molar-refractivity contribution in [3.05, 3.63) is 264 Å². The Bertz CT molecular complexity index is 5860. The number of benzene rings is 8. The number of hydrogen-bond donors (Lipinski definition) is 7. The van der Waals surface area contributed by atoms with Gasteiger partial charge in [-0.2, -0.15) is 28.6 Å². The predicted molar refractivity (Wildman–Crippen MR) is 462 cm³/mol. The van der Waals surface area contributed by atoms with Crippen LogP contribution in [0.15, 0.2) is 189 Å². The summed E-state index contributed by atoms with van der Waals surface area (Å²) in [6, 6.07) is 43.2. The number of piperazine rings is 2. The fourth-order valence-corrected chi connectivity index (χ4v) is 17.2. The molecule has 2 aromatic heterocycles. The number of H-pyrrole nitrogens is 2. The number of aromatic amines is 2. The Hall–Kier alpha value is -11.3. The zero-order valence-electron chi connectivity index (χ0n) is 67.6. The number of nitrogens with one attached hydrogen (secondary N) is 5. The summed E-state index contributed by atoms with van der Waals surface area (Å²) in [5.41, 5.74) is -3.24. The van der Waals surface area contributed by atoms with Crippen LogP contribution >= 0.6 is 28.3 Å². The molecule has 0 spiro atoms. The number of rotatable bonds is 31. The van der Waals surface area contributed by atoms with Gasteiger partial charge in [-0.05, 0) is 185 Å². The molecule has 0 radical (unpaired) electrons. The number of aromatic nitrogens is 4. The number of hydrogen-bond acceptors (Lipinski definition) is 19. The highest BCUT2D eigenvalue weighted by Crippen LogP contribution is 2.35. The van der Waals surface area contributed by atoms with Gasteiger partial charge in [0.2, 0.25) is 0 Å². The molecule has 0 bridgehead atoms. The molecule has 10 aromatic rings. The number of anilines is 2. The van der Waals surface area contributed by atoms with Crippen LogP contribution in [0.3, 0.4) is 0 Å². The number of amides is 4. The second-order valence-corrected chi connectivity index (χ2v) is 34.6. The maximum atomic E-state index is 14.9. The van der Waals surface area contributed by atoms with Gasteiger partial charge in [-0.3, -0.25) is 33.7 Å². The summed E-state index contributed by atoms with van der Waals surface area (Å²) in [4.78, 5) is 84.2. The monoisotopic (exact) mass is 1810 g/mol. The Balaban J connectivity index is 0.000000234. The van der Waals surface area contributed by atoms with Crippen LogP contribution in [-0.2, 0) is 48.3 Å². The normalized spacial score (nSPS) is 14.0. The van der Waals surface area contributed by atoms with Crippen LogP contribution in [0.4, 0.5) is 39.0 Å². The number of nitrogens with zero attached hydrogens (tertiary/aromatic N) is 7. The van der Waals surface area contributed by atoms with Crippen LogP contribution in [0.25, 0.3) is 26.4 Å². The highest BCUT2D eigenvalue weighted by atomic mass is 79.9. The average molecular weight is 1820 g/mol. The molecule has 35 heteroatoms. The van der Waals surface area contributed by atoms with E-state index in [0.29, 0.717) is 146 Å². The maximum absolute atomic E-state index is 14.9. The summed E-state index contributed by atoms with van der Waals surface area (Å²) in [5.74, 6) is -4.75. The number of ether oxygens (including phenoxy) is 2. The van der Waals surface area contributed by atoms with Crippen molar-refractivity contribution < 1.29 is 77.7 Å². The average Bonchev–Trinajstić information content (AvgIpc) is 0.802. The van der Waals surface area contributed by atoms with Crippen LogP contribution in [0.5, 0.6) is 11.5 Å². The van der Waals surface area contributed by atoms with E-state index in [-0.39, 0.29) is 61.9 Å². The van der Waals surface area contributed by atoms with Crippen LogP contribution < -0.4 is 36.5 Å². The second-order valence-electron chi connectivity index (χ2n) is 29.9. The molecule has 7 N–H and O–H groups in total. The Morgan fingerprint density at radius 3 is 1.45 bits per heavy atom. The van der Waals surface area contributed by atoms with Crippen LogP contribution in [0, 0.1) is 36.5 Å². The van der Waals surface area contributed by atoms with Crippen molar-refractivity contribution in [3.8, 4) is 17.6 Å². The first kappa shape index (κ1) is 95.5. The van der Waals surface area contributed by atoms with E-state index in [4.69, 9.17) is 21.3 Å². The van der Waals surface area contributed by atoms with Crippen molar-refractivity contribution in [1.82, 2.24) is 40.4 Å². The zero-order chi connectivity index (χ0) is 87.9. The number of alkyl halides is 4. The molecule has 2 saturated heterocycles. The highest BCUT2D eigenvalue weighted by Gasteiger charge is 2.40.